The van der Waals surface area contributed by atoms with Crippen LogP contribution in [0.1, 0.15) is 0 Å². The Morgan fingerprint density at radius 1 is 0.423 bits per heavy atom. The number of benzene rings is 8. The Labute approximate surface area is 303 Å². The van der Waals surface area contributed by atoms with Crippen LogP contribution in [0.15, 0.2) is 176 Å². The zero-order valence-electron chi connectivity index (χ0n) is 28.0. The van der Waals surface area contributed by atoms with Gasteiger partial charge < -0.3 is 4.57 Å². The van der Waals surface area contributed by atoms with E-state index in [9.17, 15) is 0 Å². The van der Waals surface area contributed by atoms with Crippen LogP contribution < -0.4 is 0 Å². The van der Waals surface area contributed by atoms with Crippen molar-refractivity contribution < 1.29 is 0 Å². The zero-order chi connectivity index (χ0) is 34.2. The maximum atomic E-state index is 5.32. The van der Waals surface area contributed by atoms with Gasteiger partial charge in [-0.1, -0.05) is 140 Å². The molecule has 0 atom stereocenters. The molecule has 0 radical (unpaired) electrons. The van der Waals surface area contributed by atoms with Gasteiger partial charge in [-0.15, -0.1) is 11.3 Å². The van der Waals surface area contributed by atoms with Crippen molar-refractivity contribution in [1.29, 1.82) is 0 Å². The third-order valence-corrected chi connectivity index (χ3v) is 11.5. The van der Waals surface area contributed by atoms with Crippen molar-refractivity contribution in [2.75, 3.05) is 0 Å². The number of hydrogen-bond acceptors (Lipinski definition) is 3. The quantitative estimate of drug-likeness (QED) is 0.185. The molecule has 3 aromatic heterocycles. The lowest BCUT2D eigenvalue weighted by molar-refractivity contribution is 1.17. The van der Waals surface area contributed by atoms with Gasteiger partial charge in [0, 0.05) is 58.5 Å². The van der Waals surface area contributed by atoms with E-state index in [2.05, 4.69) is 180 Å². The highest BCUT2D eigenvalue weighted by molar-refractivity contribution is 7.27. The molecular weight excluding hydrogens is 651 g/mol. The van der Waals surface area contributed by atoms with E-state index in [1.165, 1.54) is 58.3 Å². The summed E-state index contributed by atoms with van der Waals surface area (Å²) in [6.07, 6.45) is 0. The van der Waals surface area contributed by atoms with E-state index < -0.39 is 0 Å². The lowest BCUT2D eigenvalue weighted by Gasteiger charge is -2.13. The first-order chi connectivity index (χ1) is 25.8. The van der Waals surface area contributed by atoms with Gasteiger partial charge in [0.15, 0.2) is 5.82 Å². The Kier molecular flexibility index (Phi) is 6.42. The van der Waals surface area contributed by atoms with E-state index in [1.807, 2.05) is 11.3 Å². The van der Waals surface area contributed by atoms with Crippen LogP contribution in [0.2, 0.25) is 0 Å². The summed E-state index contributed by atoms with van der Waals surface area (Å²) in [6.45, 7) is 0. The normalized spacial score (nSPS) is 11.8. The minimum atomic E-state index is 0.707. The number of fused-ring (bicyclic) bond motifs is 11. The summed E-state index contributed by atoms with van der Waals surface area (Å²) in [5, 5.41) is 8.78. The highest BCUT2D eigenvalue weighted by Crippen LogP contribution is 2.48. The van der Waals surface area contributed by atoms with Crippen LogP contribution in [-0.2, 0) is 0 Å². The second-order valence-electron chi connectivity index (χ2n) is 13.3. The van der Waals surface area contributed by atoms with Gasteiger partial charge in [-0.05, 0) is 52.9 Å². The van der Waals surface area contributed by atoms with Crippen LogP contribution in [0.25, 0.3) is 103 Å². The van der Waals surface area contributed by atoms with Crippen molar-refractivity contribution in [2.45, 2.75) is 0 Å². The van der Waals surface area contributed by atoms with E-state index in [0.717, 1.165) is 39.0 Å². The van der Waals surface area contributed by atoms with E-state index in [1.54, 1.807) is 0 Å². The number of hydrogen-bond donors (Lipinski definition) is 0. The van der Waals surface area contributed by atoms with Crippen LogP contribution >= 0.6 is 11.3 Å². The first-order valence-electron chi connectivity index (χ1n) is 17.6. The monoisotopic (exact) mass is 679 g/mol. The van der Waals surface area contributed by atoms with Crippen LogP contribution in [0, 0.1) is 0 Å². The molecule has 0 saturated heterocycles. The summed E-state index contributed by atoms with van der Waals surface area (Å²) in [7, 11) is 0. The van der Waals surface area contributed by atoms with Gasteiger partial charge in [0.05, 0.1) is 22.2 Å². The predicted molar refractivity (Wildman–Crippen MR) is 221 cm³/mol. The second-order valence-corrected chi connectivity index (χ2v) is 14.4. The van der Waals surface area contributed by atoms with Crippen molar-refractivity contribution in [3.05, 3.63) is 176 Å². The summed E-state index contributed by atoms with van der Waals surface area (Å²) in [5.74, 6) is 0.707. The van der Waals surface area contributed by atoms with Crippen molar-refractivity contribution in [2.24, 2.45) is 0 Å². The summed E-state index contributed by atoms with van der Waals surface area (Å²) >= 11 is 1.90. The minimum Gasteiger partial charge on any atom is -0.309 e. The van der Waals surface area contributed by atoms with Gasteiger partial charge in [-0.2, -0.15) is 0 Å². The number of aromatic nitrogens is 3. The molecule has 242 valence electrons. The van der Waals surface area contributed by atoms with Crippen molar-refractivity contribution in [3.8, 4) is 39.5 Å². The molecule has 3 nitrogen and oxygen atoms in total. The summed E-state index contributed by atoms with van der Waals surface area (Å²) in [5.41, 5.74) is 9.73. The Morgan fingerprint density at radius 2 is 1.08 bits per heavy atom. The lowest BCUT2D eigenvalue weighted by Crippen LogP contribution is -1.98. The Balaban J connectivity index is 1.16. The topological polar surface area (TPSA) is 30.7 Å². The van der Waals surface area contributed by atoms with Gasteiger partial charge in [-0.25, -0.2) is 9.97 Å². The largest absolute Gasteiger partial charge is 0.309 e. The molecule has 0 unspecified atom stereocenters. The molecule has 52 heavy (non-hydrogen) atoms. The van der Waals surface area contributed by atoms with Crippen molar-refractivity contribution in [1.82, 2.24) is 14.5 Å². The third-order valence-electron chi connectivity index (χ3n) is 10.4. The van der Waals surface area contributed by atoms with Gasteiger partial charge in [0.1, 0.15) is 0 Å². The molecule has 0 fully saturated rings. The highest BCUT2D eigenvalue weighted by atomic mass is 32.1. The molecule has 11 aromatic rings. The van der Waals surface area contributed by atoms with Gasteiger partial charge in [-0.3, -0.25) is 0 Å². The molecule has 3 heterocycles. The average Bonchev–Trinajstić information content (AvgIpc) is 3.78. The predicted octanol–water partition coefficient (Wildman–Crippen LogP) is 13.2. The summed E-state index contributed by atoms with van der Waals surface area (Å²) in [4.78, 5) is 10.5. The number of rotatable bonds is 4. The maximum Gasteiger partial charge on any atom is 0.160 e. The Morgan fingerprint density at radius 3 is 1.96 bits per heavy atom. The number of para-hydroxylation sites is 2. The Hall–Kier alpha value is -6.62. The molecule has 0 aliphatic rings. The summed E-state index contributed by atoms with van der Waals surface area (Å²) < 4.78 is 5.10. The van der Waals surface area contributed by atoms with Crippen molar-refractivity contribution in [3.63, 3.8) is 0 Å². The fourth-order valence-corrected chi connectivity index (χ4v) is 9.35. The smallest absolute Gasteiger partial charge is 0.160 e. The van der Waals surface area contributed by atoms with Crippen LogP contribution in [-0.4, -0.2) is 14.5 Å². The van der Waals surface area contributed by atoms with E-state index in [4.69, 9.17) is 9.97 Å². The number of nitrogens with zero attached hydrogens (tertiary/aromatic N) is 3. The molecule has 0 amide bonds. The maximum absolute atomic E-state index is 5.32. The van der Waals surface area contributed by atoms with Gasteiger partial charge >= 0.3 is 0 Å². The van der Waals surface area contributed by atoms with Gasteiger partial charge in [0.25, 0.3) is 0 Å². The minimum absolute atomic E-state index is 0.707. The first-order valence-corrected chi connectivity index (χ1v) is 18.4. The molecule has 0 aliphatic heterocycles. The number of thiophene rings is 1. The van der Waals surface area contributed by atoms with Crippen LogP contribution in [0.4, 0.5) is 0 Å². The van der Waals surface area contributed by atoms with Crippen LogP contribution in [0.3, 0.4) is 0 Å². The SMILES string of the molecule is c1ccc(-c2cccc(-c3nc(-c4cccc(-n5c6ccccc6c6c7sc8ccccc8c7c7ccccc7c65)c4)nc4ccccc34)c2)cc1. The molecular formula is C48H29N3S. The molecule has 0 aliphatic carbocycles. The van der Waals surface area contributed by atoms with Crippen molar-refractivity contribution >= 4 is 75.0 Å². The zero-order valence-corrected chi connectivity index (χ0v) is 28.8. The summed E-state index contributed by atoms with van der Waals surface area (Å²) in [6, 6.07) is 62.8. The molecule has 0 saturated carbocycles. The first kappa shape index (κ1) is 29.1. The average molecular weight is 680 g/mol. The second kappa shape index (κ2) is 11.5. The molecule has 4 heteroatoms. The standard InChI is InChI=1S/C48H29N3S/c1-2-14-30(15-3-1)31-16-12-17-32(28-31)45-37-22-6-9-25-40(37)49-48(50-45)33-18-13-19-34(29-33)51-41-26-10-7-23-38(41)44-46(51)36-21-5-4-20-35(36)43-39-24-8-11-27-42(39)52-47(43)44/h1-29H. The van der Waals surface area contributed by atoms with E-state index >= 15 is 0 Å². The molecule has 11 rings (SSSR count). The molecule has 0 bridgehead atoms. The van der Waals surface area contributed by atoms with E-state index in [0.29, 0.717) is 5.82 Å². The lowest BCUT2D eigenvalue weighted by atomic mass is 9.99. The van der Waals surface area contributed by atoms with Gasteiger partial charge in [0.2, 0.25) is 0 Å². The van der Waals surface area contributed by atoms with E-state index in [-0.39, 0.29) is 0 Å². The fourth-order valence-electron chi connectivity index (χ4n) is 8.08. The molecule has 0 spiro atoms. The molecule has 0 N–H and O–H groups in total. The Bertz CT molecular complexity index is 3190. The third kappa shape index (κ3) is 4.38. The molecule has 8 aromatic carbocycles. The van der Waals surface area contributed by atoms with Crippen LogP contribution in [0.5, 0.6) is 0 Å². The highest BCUT2D eigenvalue weighted by Gasteiger charge is 2.22. The fraction of sp³-hybridized carbons (Fsp3) is 0.